The van der Waals surface area contributed by atoms with E-state index < -0.39 is 0 Å². The first kappa shape index (κ1) is 24.8. The first-order chi connectivity index (χ1) is 15.9. The summed E-state index contributed by atoms with van der Waals surface area (Å²) in [5, 5.41) is -0.197. The summed E-state index contributed by atoms with van der Waals surface area (Å²) in [6.07, 6.45) is 15.5. The molecule has 3 saturated heterocycles. The Labute approximate surface area is 205 Å². The van der Waals surface area contributed by atoms with Gasteiger partial charge in [-0.2, -0.15) is 0 Å². The number of piperidine rings is 2. The lowest BCUT2D eigenvalue weighted by molar-refractivity contribution is -0.130. The molecule has 0 saturated carbocycles. The van der Waals surface area contributed by atoms with Gasteiger partial charge < -0.3 is 19.5 Å². The molecule has 2 atom stereocenters. The van der Waals surface area contributed by atoms with Crippen molar-refractivity contribution in [1.29, 1.82) is 0 Å². The SMILES string of the molecule is CC(C)(C)CCN1C(=O)C(CC=O)SC1C1=C(N2CCC(N3CCCCC3)CC2)CCC=C1. The van der Waals surface area contributed by atoms with E-state index >= 15 is 0 Å². The predicted molar refractivity (Wildman–Crippen MR) is 137 cm³/mol. The highest BCUT2D eigenvalue weighted by molar-refractivity contribution is 8.01. The maximum atomic E-state index is 13.2. The van der Waals surface area contributed by atoms with Crippen molar-refractivity contribution in [2.45, 2.75) is 95.2 Å². The van der Waals surface area contributed by atoms with Crippen molar-refractivity contribution in [2.75, 3.05) is 32.7 Å². The van der Waals surface area contributed by atoms with Crippen molar-refractivity contribution in [3.05, 3.63) is 23.4 Å². The largest absolute Gasteiger partial charge is 0.374 e. The van der Waals surface area contributed by atoms with Gasteiger partial charge in [0.05, 0.1) is 5.25 Å². The highest BCUT2D eigenvalue weighted by Gasteiger charge is 2.43. The molecule has 33 heavy (non-hydrogen) atoms. The van der Waals surface area contributed by atoms with Gasteiger partial charge in [-0.25, -0.2) is 0 Å². The number of allylic oxidation sites excluding steroid dienone is 2. The van der Waals surface area contributed by atoms with Crippen LogP contribution in [0.5, 0.6) is 0 Å². The summed E-state index contributed by atoms with van der Waals surface area (Å²) >= 11 is 1.70. The maximum absolute atomic E-state index is 13.2. The van der Waals surface area contributed by atoms with E-state index in [1.807, 2.05) is 0 Å². The van der Waals surface area contributed by atoms with Gasteiger partial charge in [-0.3, -0.25) is 4.79 Å². The summed E-state index contributed by atoms with van der Waals surface area (Å²) < 4.78 is 0. The molecule has 1 aliphatic carbocycles. The molecule has 6 heteroatoms. The molecule has 184 valence electrons. The lowest BCUT2D eigenvalue weighted by Gasteiger charge is -2.43. The van der Waals surface area contributed by atoms with Crippen LogP contribution in [0.25, 0.3) is 0 Å². The molecule has 0 aromatic carbocycles. The highest BCUT2D eigenvalue weighted by Crippen LogP contribution is 2.42. The van der Waals surface area contributed by atoms with Gasteiger partial charge >= 0.3 is 0 Å². The molecule has 0 N–H and O–H groups in total. The van der Waals surface area contributed by atoms with Gasteiger partial charge in [-0.1, -0.05) is 39.3 Å². The Bertz CT molecular complexity index is 758. The van der Waals surface area contributed by atoms with Gasteiger partial charge in [0, 0.05) is 43.4 Å². The van der Waals surface area contributed by atoms with Crippen molar-refractivity contribution in [3.63, 3.8) is 0 Å². The normalized spacial score (nSPS) is 28.2. The Morgan fingerprint density at radius 1 is 1.09 bits per heavy atom. The second-order valence-electron chi connectivity index (χ2n) is 11.4. The van der Waals surface area contributed by atoms with Gasteiger partial charge in [0.25, 0.3) is 0 Å². The topological polar surface area (TPSA) is 43.9 Å². The molecule has 5 nitrogen and oxygen atoms in total. The average Bonchev–Trinajstić information content (AvgIpc) is 3.13. The van der Waals surface area contributed by atoms with Crippen LogP contribution in [0.2, 0.25) is 0 Å². The molecule has 0 bridgehead atoms. The van der Waals surface area contributed by atoms with Crippen molar-refractivity contribution in [3.8, 4) is 0 Å². The predicted octanol–water partition coefficient (Wildman–Crippen LogP) is 4.84. The summed E-state index contributed by atoms with van der Waals surface area (Å²) in [7, 11) is 0. The Kier molecular flexibility index (Phi) is 8.27. The van der Waals surface area contributed by atoms with Gasteiger partial charge in [-0.05, 0) is 63.5 Å². The third-order valence-corrected chi connectivity index (χ3v) is 9.23. The minimum atomic E-state index is -0.235. The zero-order valence-electron chi connectivity index (χ0n) is 20.9. The van der Waals surface area contributed by atoms with Crippen LogP contribution in [0.4, 0.5) is 0 Å². The third kappa shape index (κ3) is 6.05. The molecule has 0 aromatic heterocycles. The van der Waals surface area contributed by atoms with Crippen LogP contribution in [0.15, 0.2) is 23.4 Å². The van der Waals surface area contributed by atoms with E-state index in [2.05, 4.69) is 47.6 Å². The molecule has 3 fully saturated rings. The van der Waals surface area contributed by atoms with E-state index in [1.165, 1.54) is 56.5 Å². The number of hydrogen-bond acceptors (Lipinski definition) is 5. The van der Waals surface area contributed by atoms with E-state index in [0.29, 0.717) is 6.42 Å². The Balaban J connectivity index is 1.51. The van der Waals surface area contributed by atoms with Crippen LogP contribution in [0.1, 0.15) is 78.6 Å². The average molecular weight is 474 g/mol. The number of carbonyl (C=O) groups excluding carboxylic acids is 2. The van der Waals surface area contributed by atoms with Crippen LogP contribution in [-0.4, -0.2) is 76.3 Å². The Morgan fingerprint density at radius 2 is 1.82 bits per heavy atom. The molecule has 1 amide bonds. The highest BCUT2D eigenvalue weighted by atomic mass is 32.2. The van der Waals surface area contributed by atoms with E-state index in [9.17, 15) is 9.59 Å². The van der Waals surface area contributed by atoms with E-state index in [0.717, 1.165) is 51.2 Å². The number of amides is 1. The number of hydrogen-bond donors (Lipinski definition) is 0. The molecule has 0 spiro atoms. The van der Waals surface area contributed by atoms with Crippen LogP contribution < -0.4 is 0 Å². The second kappa shape index (κ2) is 11.0. The molecule has 3 heterocycles. The zero-order valence-corrected chi connectivity index (χ0v) is 21.7. The molecule has 4 rings (SSSR count). The quantitative estimate of drug-likeness (QED) is 0.495. The fourth-order valence-corrected chi connectivity index (χ4v) is 7.25. The third-order valence-electron chi connectivity index (χ3n) is 7.75. The molecule has 0 aromatic rings. The fourth-order valence-electron chi connectivity index (χ4n) is 5.78. The van der Waals surface area contributed by atoms with E-state index in [4.69, 9.17) is 0 Å². The monoisotopic (exact) mass is 473 g/mol. The van der Waals surface area contributed by atoms with Crippen molar-refractivity contribution in [2.24, 2.45) is 5.41 Å². The van der Waals surface area contributed by atoms with E-state index in [-0.39, 0.29) is 21.9 Å². The summed E-state index contributed by atoms with van der Waals surface area (Å²) in [5.41, 5.74) is 2.94. The van der Waals surface area contributed by atoms with Gasteiger partial charge in [0.2, 0.25) is 5.91 Å². The van der Waals surface area contributed by atoms with Crippen molar-refractivity contribution < 1.29 is 9.59 Å². The molecule has 0 radical (unpaired) electrons. The lowest BCUT2D eigenvalue weighted by atomic mass is 9.91. The van der Waals surface area contributed by atoms with Gasteiger partial charge in [0.1, 0.15) is 11.7 Å². The molecular weight excluding hydrogens is 430 g/mol. The van der Waals surface area contributed by atoms with Crippen LogP contribution >= 0.6 is 11.8 Å². The molecular formula is C27H43N3O2S. The fraction of sp³-hybridized carbons (Fsp3) is 0.778. The Hall–Kier alpha value is -1.27. The van der Waals surface area contributed by atoms with Crippen LogP contribution in [-0.2, 0) is 9.59 Å². The molecule has 3 aliphatic heterocycles. The molecule has 4 aliphatic rings. The summed E-state index contributed by atoms with van der Waals surface area (Å²) in [4.78, 5) is 32.0. The minimum Gasteiger partial charge on any atom is -0.374 e. The lowest BCUT2D eigenvalue weighted by Crippen LogP contribution is -2.47. The number of carbonyl (C=O) groups is 2. The number of thioether (sulfide) groups is 1. The molecule has 2 unspecified atom stereocenters. The number of likely N-dealkylation sites (tertiary alicyclic amines) is 2. The van der Waals surface area contributed by atoms with Crippen LogP contribution in [0, 0.1) is 5.41 Å². The van der Waals surface area contributed by atoms with Crippen molar-refractivity contribution in [1.82, 2.24) is 14.7 Å². The second-order valence-corrected chi connectivity index (χ2v) is 12.7. The zero-order chi connectivity index (χ0) is 23.4. The summed E-state index contributed by atoms with van der Waals surface area (Å²) in [5.74, 6) is 0.149. The minimum absolute atomic E-state index is 0.0381. The first-order valence-electron chi connectivity index (χ1n) is 13.2. The van der Waals surface area contributed by atoms with Crippen LogP contribution in [0.3, 0.4) is 0 Å². The van der Waals surface area contributed by atoms with Gasteiger partial charge in [0.15, 0.2) is 0 Å². The van der Waals surface area contributed by atoms with Gasteiger partial charge in [-0.15, -0.1) is 11.8 Å². The standard InChI is InChI=1S/C27H43N3O2S/c1-27(2,3)14-19-30-25(32)24(13-20-31)33-26(30)22-9-5-6-10-23(22)29-17-11-21(12-18-29)28-15-7-4-8-16-28/h5,9,20-21,24,26H,4,6-8,10-19H2,1-3H3. The summed E-state index contributed by atoms with van der Waals surface area (Å²) in [6.45, 7) is 12.3. The number of rotatable bonds is 7. The number of aldehydes is 1. The number of nitrogens with zero attached hydrogens (tertiary/aromatic N) is 3. The van der Waals surface area contributed by atoms with Crippen molar-refractivity contribution >= 4 is 24.0 Å². The summed E-state index contributed by atoms with van der Waals surface area (Å²) in [6, 6.07) is 0.743. The Morgan fingerprint density at radius 3 is 2.48 bits per heavy atom. The first-order valence-corrected chi connectivity index (χ1v) is 14.1. The maximum Gasteiger partial charge on any atom is 0.237 e. The van der Waals surface area contributed by atoms with E-state index in [1.54, 1.807) is 11.8 Å². The smallest absolute Gasteiger partial charge is 0.237 e.